The number of ketones is 1. The summed E-state index contributed by atoms with van der Waals surface area (Å²) in [5.74, 6) is -0.639. The van der Waals surface area contributed by atoms with E-state index < -0.39 is 5.91 Å². The van der Waals surface area contributed by atoms with Crippen LogP contribution in [0.2, 0.25) is 0 Å². The van der Waals surface area contributed by atoms with Crippen LogP contribution in [0.3, 0.4) is 0 Å². The van der Waals surface area contributed by atoms with Crippen LogP contribution in [0.1, 0.15) is 43.6 Å². The Kier molecular flexibility index (Phi) is 6.15. The molecule has 5 heteroatoms. The minimum absolute atomic E-state index is 0.0560. The van der Waals surface area contributed by atoms with E-state index in [0.717, 1.165) is 5.69 Å². The monoisotopic (exact) mass is 361 g/mol. The molecule has 0 heterocycles. The van der Waals surface area contributed by atoms with Crippen molar-refractivity contribution < 1.29 is 9.59 Å². The Morgan fingerprint density at radius 2 is 1.70 bits per heavy atom. The molecular weight excluding hydrogens is 338 g/mol. The molecule has 1 amide bonds. The molecule has 0 aliphatic carbocycles. The van der Waals surface area contributed by atoms with Crippen LogP contribution >= 0.6 is 0 Å². The first kappa shape index (κ1) is 19.9. The first-order valence-corrected chi connectivity index (χ1v) is 8.60. The van der Waals surface area contributed by atoms with Crippen molar-refractivity contribution in [3.63, 3.8) is 0 Å². The van der Waals surface area contributed by atoms with Crippen molar-refractivity contribution in [2.24, 2.45) is 0 Å². The summed E-state index contributed by atoms with van der Waals surface area (Å²) in [6.07, 6.45) is 1.37. The molecule has 0 unspecified atom stereocenters. The van der Waals surface area contributed by atoms with Crippen LogP contribution in [0, 0.1) is 11.3 Å². The molecule has 0 aliphatic heterocycles. The lowest BCUT2D eigenvalue weighted by Crippen LogP contribution is -2.15. The summed E-state index contributed by atoms with van der Waals surface area (Å²) < 4.78 is 0. The number of rotatable bonds is 5. The van der Waals surface area contributed by atoms with Crippen LogP contribution in [0.25, 0.3) is 0 Å². The molecule has 138 valence electrons. The van der Waals surface area contributed by atoms with E-state index in [1.54, 1.807) is 24.3 Å². The molecule has 0 aliphatic rings. The zero-order valence-electron chi connectivity index (χ0n) is 16.0. The van der Waals surface area contributed by atoms with E-state index in [-0.39, 0.29) is 16.8 Å². The van der Waals surface area contributed by atoms with Crippen molar-refractivity contribution in [3.05, 3.63) is 71.4 Å². The highest BCUT2D eigenvalue weighted by Crippen LogP contribution is 2.23. The van der Waals surface area contributed by atoms with E-state index in [4.69, 9.17) is 0 Å². The third kappa shape index (κ3) is 5.55. The molecule has 0 spiro atoms. The maximum absolute atomic E-state index is 12.3. The topological polar surface area (TPSA) is 82.0 Å². The van der Waals surface area contributed by atoms with Crippen LogP contribution in [-0.4, -0.2) is 11.7 Å². The number of Topliss-reactive ketones (excluding diaryl/α,β-unsaturated/α-hetero) is 1. The Balaban J connectivity index is 2.09. The fourth-order valence-corrected chi connectivity index (χ4v) is 2.38. The summed E-state index contributed by atoms with van der Waals surface area (Å²) in [6.45, 7) is 7.86. The number of amides is 1. The Morgan fingerprint density at radius 1 is 1.04 bits per heavy atom. The number of hydrogen-bond acceptors (Lipinski definition) is 4. The quantitative estimate of drug-likeness (QED) is 0.461. The molecule has 2 N–H and O–H groups in total. The zero-order valence-corrected chi connectivity index (χ0v) is 16.0. The van der Waals surface area contributed by atoms with Gasteiger partial charge in [0.15, 0.2) is 5.78 Å². The lowest BCUT2D eigenvalue weighted by atomic mass is 9.87. The van der Waals surface area contributed by atoms with Gasteiger partial charge in [0.05, 0.1) is 0 Å². The molecule has 0 saturated carbocycles. The molecule has 5 nitrogen and oxygen atoms in total. The molecule has 27 heavy (non-hydrogen) atoms. The van der Waals surface area contributed by atoms with Crippen molar-refractivity contribution in [1.29, 1.82) is 5.26 Å². The van der Waals surface area contributed by atoms with E-state index in [0.29, 0.717) is 11.3 Å². The van der Waals surface area contributed by atoms with Gasteiger partial charge in [-0.25, -0.2) is 0 Å². The number of nitrogens with one attached hydrogen (secondary N) is 2. The fourth-order valence-electron chi connectivity index (χ4n) is 2.38. The molecule has 0 atom stereocenters. The number of carbonyl (C=O) groups is 2. The largest absolute Gasteiger partial charge is 0.360 e. The minimum Gasteiger partial charge on any atom is -0.360 e. The number of carbonyl (C=O) groups excluding carboxylic acids is 2. The van der Waals surface area contributed by atoms with Crippen LogP contribution in [0.5, 0.6) is 0 Å². The maximum Gasteiger partial charge on any atom is 0.267 e. The predicted molar refractivity (Wildman–Crippen MR) is 108 cm³/mol. The van der Waals surface area contributed by atoms with Crippen LogP contribution in [-0.2, 0) is 10.2 Å². The zero-order chi connectivity index (χ0) is 20.0. The molecule has 0 fully saturated rings. The maximum atomic E-state index is 12.3. The van der Waals surface area contributed by atoms with Crippen molar-refractivity contribution in [2.75, 3.05) is 10.6 Å². The number of benzene rings is 2. The second-order valence-corrected chi connectivity index (χ2v) is 7.23. The molecular formula is C22H23N3O2. The summed E-state index contributed by atoms with van der Waals surface area (Å²) in [6, 6.07) is 16.3. The first-order chi connectivity index (χ1) is 12.7. The standard InChI is InChI=1S/C22H23N3O2/c1-15(26)16-6-5-7-20(12-16)25-21(27)17(13-23)14-24-19-10-8-18(9-11-19)22(2,3)4/h5-12,14,24H,1-4H3,(H,25,27)/b17-14-. The number of nitrogens with zero attached hydrogens (tertiary/aromatic N) is 1. The highest BCUT2D eigenvalue weighted by atomic mass is 16.1. The molecule has 0 bridgehead atoms. The van der Waals surface area contributed by atoms with Gasteiger partial charge in [-0.05, 0) is 42.2 Å². The second kappa shape index (κ2) is 8.33. The van der Waals surface area contributed by atoms with Crippen LogP contribution < -0.4 is 10.6 Å². The number of nitriles is 1. The van der Waals surface area contributed by atoms with E-state index in [1.165, 1.54) is 18.7 Å². The molecule has 0 saturated heterocycles. The van der Waals surface area contributed by atoms with Gasteiger partial charge in [0, 0.05) is 23.1 Å². The van der Waals surface area contributed by atoms with Gasteiger partial charge in [0.1, 0.15) is 11.6 Å². The molecule has 2 rings (SSSR count). The molecule has 0 radical (unpaired) electrons. The smallest absolute Gasteiger partial charge is 0.267 e. The Labute approximate surface area is 159 Å². The summed E-state index contributed by atoms with van der Waals surface area (Å²) in [5, 5.41) is 14.9. The van der Waals surface area contributed by atoms with Gasteiger partial charge in [-0.3, -0.25) is 9.59 Å². The summed E-state index contributed by atoms with van der Waals surface area (Å²) >= 11 is 0. The Bertz CT molecular complexity index is 914. The third-order valence-electron chi connectivity index (χ3n) is 4.03. The van der Waals surface area contributed by atoms with Gasteiger partial charge < -0.3 is 10.6 Å². The van der Waals surface area contributed by atoms with Gasteiger partial charge in [-0.2, -0.15) is 5.26 Å². The highest BCUT2D eigenvalue weighted by Gasteiger charge is 2.13. The SMILES string of the molecule is CC(=O)c1cccc(NC(=O)/C(C#N)=C\Nc2ccc(C(C)(C)C)cc2)c1. The van der Waals surface area contributed by atoms with E-state index in [9.17, 15) is 14.9 Å². The summed E-state index contributed by atoms with van der Waals surface area (Å²) in [5.41, 5.74) is 2.92. The van der Waals surface area contributed by atoms with Gasteiger partial charge in [0.25, 0.3) is 5.91 Å². The number of hydrogen-bond donors (Lipinski definition) is 2. The average Bonchev–Trinajstić information content (AvgIpc) is 2.62. The lowest BCUT2D eigenvalue weighted by molar-refractivity contribution is -0.112. The lowest BCUT2D eigenvalue weighted by Gasteiger charge is -2.19. The number of anilines is 2. The van der Waals surface area contributed by atoms with Crippen molar-refractivity contribution in [3.8, 4) is 6.07 Å². The third-order valence-corrected chi connectivity index (χ3v) is 4.03. The van der Waals surface area contributed by atoms with Crippen LogP contribution in [0.15, 0.2) is 60.3 Å². The van der Waals surface area contributed by atoms with Gasteiger partial charge in [-0.15, -0.1) is 0 Å². The average molecular weight is 361 g/mol. The van der Waals surface area contributed by atoms with Crippen LogP contribution in [0.4, 0.5) is 11.4 Å². The van der Waals surface area contributed by atoms with Gasteiger partial charge in [-0.1, -0.05) is 45.0 Å². The predicted octanol–water partition coefficient (Wildman–Crippen LogP) is 4.64. The molecule has 2 aromatic carbocycles. The molecule has 0 aromatic heterocycles. The van der Waals surface area contributed by atoms with E-state index >= 15 is 0 Å². The Hall–Kier alpha value is -3.39. The normalized spacial score (nSPS) is 11.4. The molecule has 2 aromatic rings. The van der Waals surface area contributed by atoms with Crippen molar-refractivity contribution >= 4 is 23.1 Å². The van der Waals surface area contributed by atoms with Gasteiger partial charge >= 0.3 is 0 Å². The van der Waals surface area contributed by atoms with Crippen molar-refractivity contribution in [1.82, 2.24) is 0 Å². The Morgan fingerprint density at radius 3 is 2.26 bits per heavy atom. The van der Waals surface area contributed by atoms with E-state index in [2.05, 4.69) is 31.4 Å². The second-order valence-electron chi connectivity index (χ2n) is 7.23. The first-order valence-electron chi connectivity index (χ1n) is 8.60. The fraction of sp³-hybridized carbons (Fsp3) is 0.227. The summed E-state index contributed by atoms with van der Waals surface area (Å²) in [4.78, 5) is 23.7. The van der Waals surface area contributed by atoms with Gasteiger partial charge in [0.2, 0.25) is 0 Å². The van der Waals surface area contributed by atoms with Crippen molar-refractivity contribution in [2.45, 2.75) is 33.1 Å². The summed E-state index contributed by atoms with van der Waals surface area (Å²) in [7, 11) is 0. The van der Waals surface area contributed by atoms with E-state index in [1.807, 2.05) is 30.3 Å². The highest BCUT2D eigenvalue weighted by molar-refractivity contribution is 6.07. The minimum atomic E-state index is -0.544.